The average molecular weight is 455 g/mol. The number of ketones is 1. The Hall–Kier alpha value is -4.52. The van der Waals surface area contributed by atoms with E-state index in [-0.39, 0.29) is 17.3 Å². The summed E-state index contributed by atoms with van der Waals surface area (Å²) in [6.07, 6.45) is 3.64. The van der Waals surface area contributed by atoms with Crippen molar-refractivity contribution in [1.29, 1.82) is 0 Å². The number of nitrogens with zero attached hydrogens (tertiary/aromatic N) is 1. The standard InChI is InChI=1S/C27H21NO6/c1-28-15-17(22-13-19(32-3)8-10-23(22)28)12-25-26(29)21-9-7-20(14-24(21)34-25)33-27(30)16-5-4-6-18(11-16)31-2/h4-15H,1-3H3. The van der Waals surface area contributed by atoms with Gasteiger partial charge < -0.3 is 23.5 Å². The predicted molar refractivity (Wildman–Crippen MR) is 127 cm³/mol. The summed E-state index contributed by atoms with van der Waals surface area (Å²) >= 11 is 0. The van der Waals surface area contributed by atoms with Gasteiger partial charge in [-0.25, -0.2) is 4.79 Å². The van der Waals surface area contributed by atoms with Gasteiger partial charge in [-0.15, -0.1) is 0 Å². The molecule has 0 fully saturated rings. The first-order valence-corrected chi connectivity index (χ1v) is 10.5. The fraction of sp³-hybridized carbons (Fsp3) is 0.111. The maximum atomic E-state index is 12.9. The van der Waals surface area contributed by atoms with Crippen molar-refractivity contribution >= 4 is 28.7 Å². The van der Waals surface area contributed by atoms with Gasteiger partial charge in [0.25, 0.3) is 0 Å². The topological polar surface area (TPSA) is 76.0 Å². The zero-order valence-corrected chi connectivity index (χ0v) is 18.8. The lowest BCUT2D eigenvalue weighted by Gasteiger charge is -2.07. The Morgan fingerprint density at radius 2 is 1.71 bits per heavy atom. The number of carbonyl (C=O) groups is 2. The first-order valence-electron chi connectivity index (χ1n) is 10.5. The summed E-state index contributed by atoms with van der Waals surface area (Å²) in [7, 11) is 5.08. The van der Waals surface area contributed by atoms with Gasteiger partial charge in [0.1, 0.15) is 23.0 Å². The second-order valence-electron chi connectivity index (χ2n) is 7.80. The van der Waals surface area contributed by atoms with Crippen LogP contribution < -0.4 is 18.9 Å². The second-order valence-corrected chi connectivity index (χ2v) is 7.80. The number of fused-ring (bicyclic) bond motifs is 2. The summed E-state index contributed by atoms with van der Waals surface area (Å²) in [5.74, 6) is 1.31. The summed E-state index contributed by atoms with van der Waals surface area (Å²) in [5, 5.41) is 0.939. The molecule has 0 spiro atoms. The lowest BCUT2D eigenvalue weighted by Crippen LogP contribution is -2.08. The molecule has 3 aromatic carbocycles. The van der Waals surface area contributed by atoms with Gasteiger partial charge in [-0.05, 0) is 54.6 Å². The lowest BCUT2D eigenvalue weighted by molar-refractivity contribution is 0.0734. The molecule has 0 saturated carbocycles. The maximum absolute atomic E-state index is 12.9. The van der Waals surface area contributed by atoms with Crippen LogP contribution in [0.15, 0.2) is 72.6 Å². The van der Waals surface area contributed by atoms with Crippen LogP contribution >= 0.6 is 0 Å². The van der Waals surface area contributed by atoms with E-state index in [9.17, 15) is 9.59 Å². The third kappa shape index (κ3) is 3.77. The van der Waals surface area contributed by atoms with E-state index in [1.165, 1.54) is 13.2 Å². The number of carbonyl (C=O) groups excluding carboxylic acids is 2. The molecule has 0 bridgehead atoms. The number of hydrogen-bond acceptors (Lipinski definition) is 6. The molecule has 0 amide bonds. The van der Waals surface area contributed by atoms with Gasteiger partial charge in [-0.1, -0.05) is 6.07 Å². The van der Waals surface area contributed by atoms with Crippen LogP contribution in [0.3, 0.4) is 0 Å². The van der Waals surface area contributed by atoms with Crippen molar-refractivity contribution in [2.24, 2.45) is 7.05 Å². The fourth-order valence-electron chi connectivity index (χ4n) is 3.93. The SMILES string of the molecule is COc1cccc(C(=O)Oc2ccc3c(c2)OC(=Cc2cn(C)c4ccc(OC)cc24)C3=O)c1. The molecule has 0 saturated heterocycles. The van der Waals surface area contributed by atoms with Crippen molar-refractivity contribution in [2.45, 2.75) is 0 Å². The molecular formula is C27H21NO6. The largest absolute Gasteiger partial charge is 0.497 e. The number of esters is 1. The first kappa shape index (κ1) is 21.3. The average Bonchev–Trinajstić information content (AvgIpc) is 3.34. The summed E-state index contributed by atoms with van der Waals surface area (Å²) in [6.45, 7) is 0. The van der Waals surface area contributed by atoms with Gasteiger partial charge in [0, 0.05) is 35.8 Å². The molecule has 170 valence electrons. The minimum Gasteiger partial charge on any atom is -0.497 e. The molecule has 1 aliphatic rings. The van der Waals surface area contributed by atoms with Crippen molar-refractivity contribution in [3.63, 3.8) is 0 Å². The number of methoxy groups -OCH3 is 2. The molecule has 7 heteroatoms. The number of aromatic nitrogens is 1. The van der Waals surface area contributed by atoms with Gasteiger partial charge in [0.15, 0.2) is 5.76 Å². The number of ether oxygens (including phenoxy) is 4. The van der Waals surface area contributed by atoms with E-state index in [0.717, 1.165) is 22.2 Å². The van der Waals surface area contributed by atoms with Gasteiger partial charge in [0.2, 0.25) is 5.78 Å². The van der Waals surface area contributed by atoms with Crippen LogP contribution in [0.25, 0.3) is 17.0 Å². The number of rotatable bonds is 5. The third-order valence-corrected chi connectivity index (χ3v) is 5.67. The maximum Gasteiger partial charge on any atom is 0.343 e. The van der Waals surface area contributed by atoms with E-state index in [1.807, 2.05) is 36.0 Å². The van der Waals surface area contributed by atoms with E-state index >= 15 is 0 Å². The van der Waals surface area contributed by atoms with Gasteiger partial charge in [0.05, 0.1) is 25.3 Å². The Kier molecular flexibility index (Phi) is 5.30. The third-order valence-electron chi connectivity index (χ3n) is 5.67. The quantitative estimate of drug-likeness (QED) is 0.239. The number of allylic oxidation sites excluding steroid dienone is 1. The Morgan fingerprint density at radius 3 is 2.50 bits per heavy atom. The first-order chi connectivity index (χ1) is 16.5. The smallest absolute Gasteiger partial charge is 0.343 e. The number of aryl methyl sites for hydroxylation is 1. The number of hydrogen-bond donors (Lipinski definition) is 0. The molecule has 0 aliphatic carbocycles. The van der Waals surface area contributed by atoms with Crippen molar-refractivity contribution in [3.05, 3.63) is 89.3 Å². The molecule has 4 aromatic rings. The van der Waals surface area contributed by atoms with Crippen LogP contribution in [0.4, 0.5) is 0 Å². The second kappa shape index (κ2) is 8.44. The highest BCUT2D eigenvalue weighted by Crippen LogP contribution is 2.36. The van der Waals surface area contributed by atoms with Crippen molar-refractivity contribution in [1.82, 2.24) is 4.57 Å². The molecule has 0 atom stereocenters. The van der Waals surface area contributed by atoms with E-state index in [1.54, 1.807) is 49.6 Å². The summed E-state index contributed by atoms with van der Waals surface area (Å²) in [5.41, 5.74) is 2.59. The molecule has 0 unspecified atom stereocenters. The monoisotopic (exact) mass is 455 g/mol. The summed E-state index contributed by atoms with van der Waals surface area (Å²) in [4.78, 5) is 25.5. The Bertz CT molecular complexity index is 1480. The minimum atomic E-state index is -0.538. The predicted octanol–water partition coefficient (Wildman–Crippen LogP) is 5.03. The van der Waals surface area contributed by atoms with Crippen LogP contribution in [-0.4, -0.2) is 30.5 Å². The highest BCUT2D eigenvalue weighted by atomic mass is 16.5. The summed E-state index contributed by atoms with van der Waals surface area (Å²) in [6, 6.07) is 17.2. The van der Waals surface area contributed by atoms with Crippen molar-refractivity contribution in [2.75, 3.05) is 14.2 Å². The van der Waals surface area contributed by atoms with Crippen LogP contribution in [-0.2, 0) is 7.05 Å². The van der Waals surface area contributed by atoms with E-state index < -0.39 is 5.97 Å². The Balaban J connectivity index is 1.41. The van der Waals surface area contributed by atoms with Gasteiger partial charge >= 0.3 is 5.97 Å². The minimum absolute atomic E-state index is 0.196. The molecule has 1 aromatic heterocycles. The molecule has 1 aliphatic heterocycles. The molecular weight excluding hydrogens is 434 g/mol. The molecule has 5 rings (SSSR count). The number of benzene rings is 3. The molecule has 7 nitrogen and oxygen atoms in total. The zero-order chi connectivity index (χ0) is 23.8. The normalized spacial score (nSPS) is 13.6. The van der Waals surface area contributed by atoms with Crippen LogP contribution in [0, 0.1) is 0 Å². The lowest BCUT2D eigenvalue weighted by atomic mass is 10.1. The van der Waals surface area contributed by atoms with E-state index in [2.05, 4.69) is 0 Å². The molecule has 0 radical (unpaired) electrons. The van der Waals surface area contributed by atoms with Crippen molar-refractivity contribution in [3.8, 4) is 23.0 Å². The highest BCUT2D eigenvalue weighted by molar-refractivity contribution is 6.15. The van der Waals surface area contributed by atoms with Gasteiger partial charge in [-0.3, -0.25) is 4.79 Å². The fourth-order valence-corrected chi connectivity index (χ4v) is 3.93. The molecule has 0 N–H and O–H groups in total. The van der Waals surface area contributed by atoms with E-state index in [0.29, 0.717) is 22.6 Å². The van der Waals surface area contributed by atoms with Crippen molar-refractivity contribution < 1.29 is 28.5 Å². The van der Waals surface area contributed by atoms with Gasteiger partial charge in [-0.2, -0.15) is 0 Å². The Labute approximate surface area is 195 Å². The molecule has 34 heavy (non-hydrogen) atoms. The van der Waals surface area contributed by atoms with E-state index in [4.69, 9.17) is 18.9 Å². The summed E-state index contributed by atoms with van der Waals surface area (Å²) < 4.78 is 23.8. The van der Waals surface area contributed by atoms with Crippen LogP contribution in [0.1, 0.15) is 26.3 Å². The Morgan fingerprint density at radius 1 is 0.941 bits per heavy atom. The highest BCUT2D eigenvalue weighted by Gasteiger charge is 2.28. The van der Waals surface area contributed by atoms with Crippen LogP contribution in [0.5, 0.6) is 23.0 Å². The van der Waals surface area contributed by atoms with Crippen LogP contribution in [0.2, 0.25) is 0 Å². The molecule has 2 heterocycles. The number of Topliss-reactive ketones (excluding diaryl/α,β-unsaturated/α-hetero) is 1. The zero-order valence-electron chi connectivity index (χ0n) is 18.8.